The van der Waals surface area contributed by atoms with E-state index in [1.807, 2.05) is 97.9 Å². The number of hydrogen-bond acceptors (Lipinski definition) is 4. The first-order chi connectivity index (χ1) is 18.4. The smallest absolute Gasteiger partial charge is 0.269 e. The van der Waals surface area contributed by atoms with Gasteiger partial charge in [-0.05, 0) is 29.2 Å². The van der Waals surface area contributed by atoms with Crippen LogP contribution >= 0.6 is 0 Å². The van der Waals surface area contributed by atoms with Gasteiger partial charge < -0.3 is 10.6 Å². The van der Waals surface area contributed by atoms with E-state index in [1.165, 1.54) is 12.1 Å². The quantitative estimate of drug-likeness (QED) is 0.224. The van der Waals surface area contributed by atoms with E-state index in [4.69, 9.17) is 0 Å². The lowest BCUT2D eigenvalue weighted by molar-refractivity contribution is -0.384. The van der Waals surface area contributed by atoms with Gasteiger partial charge in [0.1, 0.15) is 6.04 Å². The van der Waals surface area contributed by atoms with Crippen LogP contribution in [0, 0.1) is 10.1 Å². The molecular weight excluding hydrogens is 478 g/mol. The predicted octanol–water partition coefficient (Wildman–Crippen LogP) is 5.33. The minimum absolute atomic E-state index is 0.0373. The van der Waals surface area contributed by atoms with E-state index in [9.17, 15) is 19.7 Å². The van der Waals surface area contributed by atoms with Crippen molar-refractivity contribution in [3.05, 3.63) is 148 Å². The number of hydrogen-bond donors (Lipinski definition) is 2. The van der Waals surface area contributed by atoms with Crippen LogP contribution in [0.15, 0.2) is 115 Å². The van der Waals surface area contributed by atoms with Crippen molar-refractivity contribution in [1.82, 2.24) is 10.6 Å². The number of nitro benzene ring substituents is 1. The number of nitrogens with zero attached hydrogens (tertiary/aromatic N) is 1. The molecule has 0 fully saturated rings. The number of nitrogens with one attached hydrogen (secondary N) is 2. The zero-order valence-corrected chi connectivity index (χ0v) is 21.0. The van der Waals surface area contributed by atoms with Gasteiger partial charge in [-0.25, -0.2) is 0 Å². The van der Waals surface area contributed by atoms with Crippen molar-refractivity contribution in [1.29, 1.82) is 0 Å². The molecular formula is C31H29N3O4. The van der Waals surface area contributed by atoms with Gasteiger partial charge in [-0.2, -0.15) is 0 Å². The lowest BCUT2D eigenvalue weighted by Gasteiger charge is -2.25. The number of amides is 2. The third kappa shape index (κ3) is 6.70. The van der Waals surface area contributed by atoms with E-state index in [2.05, 4.69) is 10.6 Å². The van der Waals surface area contributed by atoms with E-state index in [0.29, 0.717) is 5.56 Å². The van der Waals surface area contributed by atoms with Crippen LogP contribution in [0.2, 0.25) is 0 Å². The lowest BCUT2D eigenvalue weighted by atomic mass is 9.90. The van der Waals surface area contributed by atoms with E-state index in [1.54, 1.807) is 12.1 Å². The molecule has 4 rings (SSSR count). The maximum Gasteiger partial charge on any atom is 0.269 e. The van der Waals surface area contributed by atoms with Crippen LogP contribution in [-0.2, 0) is 16.0 Å². The fraction of sp³-hybridized carbons (Fsp3) is 0.161. The zero-order valence-electron chi connectivity index (χ0n) is 21.0. The summed E-state index contributed by atoms with van der Waals surface area (Å²) in [4.78, 5) is 37.9. The molecule has 2 amide bonds. The summed E-state index contributed by atoms with van der Waals surface area (Å²) in [7, 11) is 0. The fourth-order valence-corrected chi connectivity index (χ4v) is 4.38. The number of rotatable bonds is 10. The minimum atomic E-state index is -0.898. The molecule has 192 valence electrons. The van der Waals surface area contributed by atoms with Crippen molar-refractivity contribution < 1.29 is 14.5 Å². The molecule has 0 aliphatic rings. The van der Waals surface area contributed by atoms with Crippen molar-refractivity contribution in [2.75, 3.05) is 0 Å². The molecule has 0 spiro atoms. The van der Waals surface area contributed by atoms with Gasteiger partial charge in [0.05, 0.1) is 16.9 Å². The Kier molecular flexibility index (Phi) is 8.61. The molecule has 2 N–H and O–H groups in total. The highest BCUT2D eigenvalue weighted by atomic mass is 16.6. The van der Waals surface area contributed by atoms with Crippen molar-refractivity contribution in [2.45, 2.75) is 31.3 Å². The molecule has 0 saturated heterocycles. The van der Waals surface area contributed by atoms with Gasteiger partial charge in [0.2, 0.25) is 11.8 Å². The third-order valence-corrected chi connectivity index (χ3v) is 6.41. The Morgan fingerprint density at radius 2 is 1.16 bits per heavy atom. The van der Waals surface area contributed by atoms with Crippen LogP contribution < -0.4 is 10.6 Å². The Morgan fingerprint density at radius 3 is 1.63 bits per heavy atom. The van der Waals surface area contributed by atoms with Crippen molar-refractivity contribution in [2.24, 2.45) is 0 Å². The molecule has 7 heteroatoms. The number of non-ortho nitro benzene ring substituents is 1. The van der Waals surface area contributed by atoms with E-state index >= 15 is 0 Å². The largest absolute Gasteiger partial charge is 0.348 e. The molecule has 38 heavy (non-hydrogen) atoms. The number of carbonyl (C=O) groups excluding carboxylic acids is 2. The molecule has 0 unspecified atom stereocenters. The highest BCUT2D eigenvalue weighted by Crippen LogP contribution is 2.25. The van der Waals surface area contributed by atoms with Crippen LogP contribution in [0.1, 0.15) is 41.1 Å². The second-order valence-electron chi connectivity index (χ2n) is 9.08. The lowest BCUT2D eigenvalue weighted by Crippen LogP contribution is -2.49. The minimum Gasteiger partial charge on any atom is -0.348 e. The van der Waals surface area contributed by atoms with E-state index in [-0.39, 0.29) is 30.0 Å². The molecule has 0 aromatic heterocycles. The third-order valence-electron chi connectivity index (χ3n) is 6.41. The van der Waals surface area contributed by atoms with Gasteiger partial charge in [0, 0.05) is 18.6 Å². The Hall–Kier alpha value is -4.78. The molecule has 4 aromatic rings. The van der Waals surface area contributed by atoms with Gasteiger partial charge in [-0.3, -0.25) is 19.7 Å². The first-order valence-corrected chi connectivity index (χ1v) is 12.4. The zero-order chi connectivity index (χ0) is 26.9. The molecule has 2 atom stereocenters. The summed E-state index contributed by atoms with van der Waals surface area (Å²) in [5, 5.41) is 17.1. The summed E-state index contributed by atoms with van der Waals surface area (Å²) < 4.78 is 0. The average molecular weight is 508 g/mol. The molecule has 0 heterocycles. The first-order valence-electron chi connectivity index (χ1n) is 12.4. The normalized spacial score (nSPS) is 12.4. The van der Waals surface area contributed by atoms with Crippen molar-refractivity contribution >= 4 is 17.5 Å². The van der Waals surface area contributed by atoms with Gasteiger partial charge >= 0.3 is 0 Å². The summed E-state index contributed by atoms with van der Waals surface area (Å²) in [6.07, 6.45) is 0.174. The molecule has 0 aliphatic heterocycles. The Labute approximate surface area is 221 Å². The van der Waals surface area contributed by atoms with Gasteiger partial charge in [0.15, 0.2) is 0 Å². The second kappa shape index (κ2) is 12.5. The van der Waals surface area contributed by atoms with Crippen molar-refractivity contribution in [3.8, 4) is 0 Å². The molecule has 0 saturated carbocycles. The Balaban J connectivity index is 1.61. The van der Waals surface area contributed by atoms with Crippen molar-refractivity contribution in [3.63, 3.8) is 0 Å². The van der Waals surface area contributed by atoms with Crippen LogP contribution in [0.5, 0.6) is 0 Å². The summed E-state index contributed by atoms with van der Waals surface area (Å²) in [5.74, 6) is -1.26. The van der Waals surface area contributed by atoms with E-state index in [0.717, 1.165) is 16.7 Å². The SMILES string of the molecule is C[C@H](NC(=O)[C@H](Cc1ccc([N+](=O)[O-])cc1)NC(=O)C(c1ccccc1)c1ccccc1)c1ccccc1. The standard InChI is InChI=1S/C31H29N3O4/c1-22(24-11-5-2-6-12-24)32-30(35)28(21-23-17-19-27(20-18-23)34(37)38)33-31(36)29(25-13-7-3-8-14-25)26-15-9-4-10-16-26/h2-20,22,28-29H,21H2,1H3,(H,32,35)(H,33,36)/t22-,28-/m0/s1. The molecule has 0 radical (unpaired) electrons. The highest BCUT2D eigenvalue weighted by Gasteiger charge is 2.29. The maximum absolute atomic E-state index is 13.8. The molecule has 4 aromatic carbocycles. The number of carbonyl (C=O) groups is 2. The van der Waals surface area contributed by atoms with Crippen LogP contribution in [0.4, 0.5) is 5.69 Å². The fourth-order valence-electron chi connectivity index (χ4n) is 4.38. The maximum atomic E-state index is 13.8. The van der Waals surface area contributed by atoms with Gasteiger partial charge in [-0.1, -0.05) is 103 Å². The summed E-state index contributed by atoms with van der Waals surface area (Å²) in [6.45, 7) is 1.88. The Bertz CT molecular complexity index is 1320. The summed E-state index contributed by atoms with van der Waals surface area (Å²) in [6, 6.07) is 33.2. The van der Waals surface area contributed by atoms with Gasteiger partial charge in [0.25, 0.3) is 5.69 Å². The summed E-state index contributed by atoms with van der Waals surface area (Å²) in [5.41, 5.74) is 3.21. The summed E-state index contributed by atoms with van der Waals surface area (Å²) >= 11 is 0. The molecule has 0 bridgehead atoms. The Morgan fingerprint density at radius 1 is 0.684 bits per heavy atom. The van der Waals surface area contributed by atoms with Crippen LogP contribution in [0.25, 0.3) is 0 Å². The number of nitro groups is 1. The topological polar surface area (TPSA) is 101 Å². The van der Waals surface area contributed by atoms with Crippen LogP contribution in [0.3, 0.4) is 0 Å². The number of benzene rings is 4. The van der Waals surface area contributed by atoms with E-state index < -0.39 is 16.9 Å². The van der Waals surface area contributed by atoms with Gasteiger partial charge in [-0.15, -0.1) is 0 Å². The monoisotopic (exact) mass is 507 g/mol. The highest BCUT2D eigenvalue weighted by molar-refractivity contribution is 5.92. The predicted molar refractivity (Wildman–Crippen MR) is 146 cm³/mol. The molecule has 7 nitrogen and oxygen atoms in total. The van der Waals surface area contributed by atoms with Crippen LogP contribution in [-0.4, -0.2) is 22.8 Å². The first kappa shape index (κ1) is 26.3. The average Bonchev–Trinajstić information content (AvgIpc) is 2.94. The molecule has 0 aliphatic carbocycles. The second-order valence-corrected chi connectivity index (χ2v) is 9.08.